The Morgan fingerprint density at radius 1 is 1.00 bits per heavy atom. The molecule has 0 aliphatic carbocycles. The second kappa shape index (κ2) is 8.89. The van der Waals surface area contributed by atoms with Gasteiger partial charge in [-0.2, -0.15) is 0 Å². The van der Waals surface area contributed by atoms with Gasteiger partial charge in [0.25, 0.3) is 0 Å². The molecule has 28 heavy (non-hydrogen) atoms. The third kappa shape index (κ3) is 4.70. The average molecular weight is 394 g/mol. The topological polar surface area (TPSA) is 64.1 Å². The molecule has 5 nitrogen and oxygen atoms in total. The quantitative estimate of drug-likeness (QED) is 0.477. The van der Waals surface area contributed by atoms with Crippen LogP contribution in [0.4, 0.5) is 5.69 Å². The Bertz CT molecular complexity index is 954. The zero-order valence-corrected chi connectivity index (χ0v) is 17.2. The molecule has 1 N–H and O–H groups in total. The number of nitrogens with one attached hydrogen (secondary N) is 1. The summed E-state index contributed by atoms with van der Waals surface area (Å²) in [6.45, 7) is 5.92. The molecule has 0 unspecified atom stereocenters. The second-order valence-corrected chi connectivity index (χ2v) is 7.50. The van der Waals surface area contributed by atoms with E-state index in [9.17, 15) is 4.79 Å². The molecule has 3 aromatic rings. The van der Waals surface area contributed by atoms with Gasteiger partial charge in [0, 0.05) is 23.1 Å². The van der Waals surface area contributed by atoms with Crippen molar-refractivity contribution in [1.29, 1.82) is 0 Å². The predicted molar refractivity (Wildman–Crippen MR) is 113 cm³/mol. The number of aryl methyl sites for hydroxylation is 2. The number of hydrogen-bond donors (Lipinski definition) is 1. The van der Waals surface area contributed by atoms with Crippen molar-refractivity contribution in [2.24, 2.45) is 0 Å². The summed E-state index contributed by atoms with van der Waals surface area (Å²) < 4.78 is 5.24. The van der Waals surface area contributed by atoms with Crippen LogP contribution in [0.15, 0.2) is 59.8 Å². The third-order valence-electron chi connectivity index (χ3n) is 4.51. The first-order valence-electron chi connectivity index (χ1n) is 8.96. The number of rotatable bonds is 6. The van der Waals surface area contributed by atoms with Crippen LogP contribution in [0.1, 0.15) is 27.8 Å². The highest BCUT2D eigenvalue weighted by Crippen LogP contribution is 2.35. The van der Waals surface area contributed by atoms with E-state index in [1.165, 1.54) is 11.8 Å². The Morgan fingerprint density at radius 2 is 1.68 bits per heavy atom. The van der Waals surface area contributed by atoms with Gasteiger partial charge in [0.15, 0.2) is 5.16 Å². The lowest BCUT2D eigenvalue weighted by Crippen LogP contribution is -2.19. The van der Waals surface area contributed by atoms with Gasteiger partial charge in [0.1, 0.15) is 11.0 Å². The standard InChI is InChI=1S/C22H23N3O2S/c1-14-15(2)23-22(24-16(14)3)28-20(17-9-6-5-7-10-17)21(26)25-18-11-8-12-19(13-18)27-4/h5-13,20H,1-4H3,(H,25,26)/t20-/m1/s1. The molecule has 0 aliphatic rings. The van der Waals surface area contributed by atoms with E-state index >= 15 is 0 Å². The van der Waals surface area contributed by atoms with Crippen LogP contribution in [0.2, 0.25) is 0 Å². The summed E-state index contributed by atoms with van der Waals surface area (Å²) in [5, 5.41) is 3.10. The van der Waals surface area contributed by atoms with Gasteiger partial charge in [0.05, 0.1) is 7.11 Å². The maximum absolute atomic E-state index is 13.1. The molecular formula is C22H23N3O2S. The van der Waals surface area contributed by atoms with Gasteiger partial charge in [-0.3, -0.25) is 4.79 Å². The number of aromatic nitrogens is 2. The summed E-state index contributed by atoms with van der Waals surface area (Å²) in [4.78, 5) is 22.3. The van der Waals surface area contributed by atoms with Crippen molar-refractivity contribution in [2.75, 3.05) is 12.4 Å². The highest BCUT2D eigenvalue weighted by molar-refractivity contribution is 8.00. The zero-order chi connectivity index (χ0) is 20.1. The number of nitrogens with zero attached hydrogens (tertiary/aromatic N) is 2. The van der Waals surface area contributed by atoms with E-state index in [1.54, 1.807) is 13.2 Å². The van der Waals surface area contributed by atoms with Crippen LogP contribution in [-0.2, 0) is 4.79 Å². The minimum Gasteiger partial charge on any atom is -0.497 e. The van der Waals surface area contributed by atoms with Crippen LogP contribution in [0.3, 0.4) is 0 Å². The van der Waals surface area contributed by atoms with Crippen molar-refractivity contribution in [1.82, 2.24) is 9.97 Å². The minimum absolute atomic E-state index is 0.135. The van der Waals surface area contributed by atoms with Gasteiger partial charge in [-0.25, -0.2) is 9.97 Å². The van der Waals surface area contributed by atoms with Gasteiger partial charge >= 0.3 is 0 Å². The molecule has 0 saturated carbocycles. The summed E-state index contributed by atoms with van der Waals surface area (Å²) in [5.74, 6) is 0.554. The van der Waals surface area contributed by atoms with Crippen molar-refractivity contribution >= 4 is 23.4 Å². The van der Waals surface area contributed by atoms with Crippen molar-refractivity contribution in [3.63, 3.8) is 0 Å². The molecule has 6 heteroatoms. The lowest BCUT2D eigenvalue weighted by Gasteiger charge is -2.17. The van der Waals surface area contributed by atoms with E-state index in [0.29, 0.717) is 16.6 Å². The average Bonchev–Trinajstić information content (AvgIpc) is 2.70. The first kappa shape index (κ1) is 19.9. The number of carbonyl (C=O) groups is 1. The highest BCUT2D eigenvalue weighted by Gasteiger charge is 2.24. The molecule has 0 radical (unpaired) electrons. The molecule has 144 valence electrons. The van der Waals surface area contributed by atoms with E-state index in [4.69, 9.17) is 4.74 Å². The van der Waals surface area contributed by atoms with Gasteiger partial charge in [-0.05, 0) is 44.0 Å². The van der Waals surface area contributed by atoms with Crippen LogP contribution < -0.4 is 10.1 Å². The SMILES string of the molecule is COc1cccc(NC(=O)[C@H](Sc2nc(C)c(C)c(C)n2)c2ccccc2)c1. The fraction of sp³-hybridized carbons (Fsp3) is 0.227. The predicted octanol–water partition coefficient (Wildman–Crippen LogP) is 4.88. The number of benzene rings is 2. The molecule has 0 saturated heterocycles. The fourth-order valence-electron chi connectivity index (χ4n) is 2.71. The number of amides is 1. The summed E-state index contributed by atoms with van der Waals surface area (Å²) in [5.41, 5.74) is 4.50. The van der Waals surface area contributed by atoms with Crippen molar-refractivity contribution in [3.05, 3.63) is 77.1 Å². The molecule has 1 aromatic heterocycles. The number of thioether (sulfide) groups is 1. The van der Waals surface area contributed by atoms with Crippen LogP contribution >= 0.6 is 11.8 Å². The largest absolute Gasteiger partial charge is 0.497 e. The molecule has 0 fully saturated rings. The lowest BCUT2D eigenvalue weighted by molar-refractivity contribution is -0.115. The molecule has 0 spiro atoms. The van der Waals surface area contributed by atoms with E-state index in [0.717, 1.165) is 22.5 Å². The van der Waals surface area contributed by atoms with Gasteiger partial charge < -0.3 is 10.1 Å². The monoisotopic (exact) mass is 393 g/mol. The highest BCUT2D eigenvalue weighted by atomic mass is 32.2. The van der Waals surface area contributed by atoms with E-state index < -0.39 is 5.25 Å². The first-order chi connectivity index (χ1) is 13.5. The minimum atomic E-state index is -0.478. The van der Waals surface area contributed by atoms with Crippen molar-refractivity contribution in [2.45, 2.75) is 31.2 Å². The van der Waals surface area contributed by atoms with Crippen molar-refractivity contribution < 1.29 is 9.53 Å². The van der Waals surface area contributed by atoms with Crippen LogP contribution in [0.5, 0.6) is 5.75 Å². The lowest BCUT2D eigenvalue weighted by atomic mass is 10.1. The normalized spacial score (nSPS) is 11.7. The van der Waals surface area contributed by atoms with Crippen molar-refractivity contribution in [3.8, 4) is 5.75 Å². The van der Waals surface area contributed by atoms with E-state index in [2.05, 4.69) is 15.3 Å². The summed E-state index contributed by atoms with van der Waals surface area (Å²) in [7, 11) is 1.60. The fourth-order valence-corrected chi connectivity index (χ4v) is 3.76. The number of methoxy groups -OCH3 is 1. The Hall–Kier alpha value is -2.86. The van der Waals surface area contributed by atoms with E-state index in [1.807, 2.05) is 69.3 Å². The van der Waals surface area contributed by atoms with Gasteiger partial charge in [0.2, 0.25) is 5.91 Å². The van der Waals surface area contributed by atoms with Crippen LogP contribution in [0, 0.1) is 20.8 Å². The maximum atomic E-state index is 13.1. The number of anilines is 1. The van der Waals surface area contributed by atoms with Crippen LogP contribution in [-0.4, -0.2) is 23.0 Å². The van der Waals surface area contributed by atoms with Crippen LogP contribution in [0.25, 0.3) is 0 Å². The maximum Gasteiger partial charge on any atom is 0.242 e. The Kier molecular flexibility index (Phi) is 6.31. The summed E-state index contributed by atoms with van der Waals surface area (Å²) in [6, 6.07) is 17.0. The first-order valence-corrected chi connectivity index (χ1v) is 9.84. The zero-order valence-electron chi connectivity index (χ0n) is 16.4. The number of ether oxygens (including phenoxy) is 1. The van der Waals surface area contributed by atoms with Gasteiger partial charge in [-0.15, -0.1) is 0 Å². The molecule has 0 bridgehead atoms. The third-order valence-corrected chi connectivity index (χ3v) is 5.63. The number of carbonyl (C=O) groups excluding carboxylic acids is 1. The second-order valence-electron chi connectivity index (χ2n) is 6.43. The molecule has 2 aromatic carbocycles. The smallest absolute Gasteiger partial charge is 0.242 e. The molecule has 1 heterocycles. The molecule has 1 amide bonds. The molecular weight excluding hydrogens is 370 g/mol. The summed E-state index contributed by atoms with van der Waals surface area (Å²) in [6.07, 6.45) is 0. The molecule has 1 atom stereocenters. The van der Waals surface area contributed by atoms with Gasteiger partial charge in [-0.1, -0.05) is 48.2 Å². The Balaban J connectivity index is 1.90. The summed E-state index contributed by atoms with van der Waals surface area (Å²) >= 11 is 1.35. The van der Waals surface area contributed by atoms with E-state index in [-0.39, 0.29) is 5.91 Å². The Labute approximate surface area is 169 Å². The number of hydrogen-bond acceptors (Lipinski definition) is 5. The molecule has 0 aliphatic heterocycles. The molecule has 3 rings (SSSR count). The Morgan fingerprint density at radius 3 is 2.32 bits per heavy atom.